The molecule has 5 heterocycles. The largest absolute Gasteiger partial charge is 0.337 e. The molecule has 4 aromatic rings. The topological polar surface area (TPSA) is 63.4 Å². The number of piperidine rings is 1. The maximum absolute atomic E-state index is 13.2. The molecule has 152 valence electrons. The van der Waals surface area contributed by atoms with Gasteiger partial charge in [-0.1, -0.05) is 6.07 Å². The number of carbonyl (C=O) groups excluding carboxylic acids is 1. The lowest BCUT2D eigenvalue weighted by atomic mass is 9.96. The number of thiophene rings is 1. The molecule has 0 bridgehead atoms. The van der Waals surface area contributed by atoms with E-state index in [0.29, 0.717) is 12.2 Å². The Kier molecular flexibility index (Phi) is 4.83. The number of fused-ring (bicyclic) bond motifs is 1. The van der Waals surface area contributed by atoms with Crippen LogP contribution in [0.4, 0.5) is 0 Å². The Balaban J connectivity index is 1.40. The fourth-order valence-electron chi connectivity index (χ4n) is 4.05. The molecule has 1 saturated heterocycles. The molecule has 0 aliphatic carbocycles. The van der Waals surface area contributed by atoms with Crippen LogP contribution in [-0.4, -0.2) is 43.2 Å². The summed E-state index contributed by atoms with van der Waals surface area (Å²) in [6, 6.07) is 10.1. The number of hydrogen-bond donors (Lipinski definition) is 0. The fourth-order valence-corrected chi connectivity index (χ4v) is 4.73. The van der Waals surface area contributed by atoms with Crippen molar-refractivity contribution in [1.29, 1.82) is 0 Å². The van der Waals surface area contributed by atoms with E-state index in [1.54, 1.807) is 11.3 Å². The summed E-state index contributed by atoms with van der Waals surface area (Å²) in [5.74, 6) is 0.953. The molecule has 30 heavy (non-hydrogen) atoms. The van der Waals surface area contributed by atoms with Crippen molar-refractivity contribution in [3.8, 4) is 10.6 Å². The van der Waals surface area contributed by atoms with Gasteiger partial charge in [0.25, 0.3) is 5.91 Å². The van der Waals surface area contributed by atoms with Gasteiger partial charge in [-0.05, 0) is 61.9 Å². The molecule has 0 radical (unpaired) electrons. The average Bonchev–Trinajstić information content (AvgIpc) is 3.42. The fraction of sp³-hybridized carbons (Fsp3) is 0.304. The van der Waals surface area contributed by atoms with Crippen LogP contribution in [-0.2, 0) is 0 Å². The van der Waals surface area contributed by atoms with Crippen LogP contribution >= 0.6 is 11.3 Å². The van der Waals surface area contributed by atoms with Crippen molar-refractivity contribution in [3.63, 3.8) is 0 Å². The summed E-state index contributed by atoms with van der Waals surface area (Å²) >= 11 is 1.68. The molecule has 1 amide bonds. The molecule has 1 unspecified atom stereocenters. The standard InChI is InChI=1S/C23H23N5OS/c1-15-7-9-27-14-19(25-21(27)11-15)23(29)28-8-3-5-17(13-28)22-24-16(2)12-18(26-22)20-6-4-10-30-20/h4,6-7,9-12,14,17H,3,5,8,13H2,1-2H3. The Morgan fingerprint density at radius 2 is 2.07 bits per heavy atom. The Hall–Kier alpha value is -3.06. The molecule has 0 N–H and O–H groups in total. The van der Waals surface area contributed by atoms with Gasteiger partial charge >= 0.3 is 0 Å². The second-order valence-corrected chi connectivity index (χ2v) is 8.86. The van der Waals surface area contributed by atoms with Gasteiger partial charge in [-0.15, -0.1) is 11.3 Å². The van der Waals surface area contributed by atoms with Gasteiger partial charge < -0.3 is 9.30 Å². The van der Waals surface area contributed by atoms with Crippen LogP contribution in [0, 0.1) is 13.8 Å². The van der Waals surface area contributed by atoms with E-state index in [0.717, 1.165) is 52.7 Å². The summed E-state index contributed by atoms with van der Waals surface area (Å²) < 4.78 is 1.90. The van der Waals surface area contributed by atoms with Gasteiger partial charge in [0.1, 0.15) is 17.2 Å². The molecule has 1 aliphatic heterocycles. The van der Waals surface area contributed by atoms with E-state index < -0.39 is 0 Å². The number of aryl methyl sites for hydroxylation is 2. The van der Waals surface area contributed by atoms with Crippen molar-refractivity contribution in [2.24, 2.45) is 0 Å². The molecule has 0 spiro atoms. The predicted octanol–water partition coefficient (Wildman–Crippen LogP) is 4.49. The number of aromatic nitrogens is 4. The van der Waals surface area contributed by atoms with Crippen molar-refractivity contribution in [2.45, 2.75) is 32.6 Å². The minimum atomic E-state index is -0.0211. The highest BCUT2D eigenvalue weighted by molar-refractivity contribution is 7.13. The van der Waals surface area contributed by atoms with E-state index in [1.807, 2.05) is 59.8 Å². The van der Waals surface area contributed by atoms with Crippen LogP contribution < -0.4 is 0 Å². The zero-order valence-corrected chi connectivity index (χ0v) is 17.9. The first-order valence-electron chi connectivity index (χ1n) is 10.2. The minimum Gasteiger partial charge on any atom is -0.337 e. The quantitative estimate of drug-likeness (QED) is 0.493. The summed E-state index contributed by atoms with van der Waals surface area (Å²) in [5, 5.41) is 2.06. The molecule has 6 nitrogen and oxygen atoms in total. The third kappa shape index (κ3) is 3.61. The number of rotatable bonds is 3. The van der Waals surface area contributed by atoms with E-state index in [-0.39, 0.29) is 11.8 Å². The highest BCUT2D eigenvalue weighted by Crippen LogP contribution is 2.29. The van der Waals surface area contributed by atoms with Gasteiger partial charge in [-0.25, -0.2) is 15.0 Å². The van der Waals surface area contributed by atoms with Gasteiger partial charge in [-0.2, -0.15) is 0 Å². The molecule has 0 saturated carbocycles. The molecular weight excluding hydrogens is 394 g/mol. The van der Waals surface area contributed by atoms with Crippen molar-refractivity contribution in [2.75, 3.05) is 13.1 Å². The Labute approximate surface area is 179 Å². The highest BCUT2D eigenvalue weighted by Gasteiger charge is 2.28. The lowest BCUT2D eigenvalue weighted by molar-refractivity contribution is 0.0699. The maximum atomic E-state index is 13.2. The van der Waals surface area contributed by atoms with Crippen LogP contribution in [0.15, 0.2) is 48.1 Å². The van der Waals surface area contributed by atoms with Crippen LogP contribution in [0.25, 0.3) is 16.2 Å². The van der Waals surface area contributed by atoms with Crippen molar-refractivity contribution >= 4 is 22.9 Å². The monoisotopic (exact) mass is 417 g/mol. The smallest absolute Gasteiger partial charge is 0.274 e. The number of carbonyl (C=O) groups is 1. The third-order valence-electron chi connectivity index (χ3n) is 5.55. The summed E-state index contributed by atoms with van der Waals surface area (Å²) in [4.78, 5) is 30.3. The Morgan fingerprint density at radius 3 is 2.90 bits per heavy atom. The number of hydrogen-bond acceptors (Lipinski definition) is 5. The van der Waals surface area contributed by atoms with E-state index in [4.69, 9.17) is 9.97 Å². The summed E-state index contributed by atoms with van der Waals surface area (Å²) in [5.41, 5.74) is 4.35. The number of pyridine rings is 1. The average molecular weight is 418 g/mol. The Bertz CT molecular complexity index is 1210. The molecule has 5 rings (SSSR count). The highest BCUT2D eigenvalue weighted by atomic mass is 32.1. The molecule has 4 aromatic heterocycles. The van der Waals surface area contributed by atoms with Crippen molar-refractivity contribution in [1.82, 2.24) is 24.3 Å². The second kappa shape index (κ2) is 7.65. The summed E-state index contributed by atoms with van der Waals surface area (Å²) in [6.45, 7) is 5.40. The first-order chi connectivity index (χ1) is 14.6. The number of nitrogens with zero attached hydrogens (tertiary/aromatic N) is 5. The third-order valence-corrected chi connectivity index (χ3v) is 6.45. The summed E-state index contributed by atoms with van der Waals surface area (Å²) in [7, 11) is 0. The van der Waals surface area contributed by atoms with E-state index >= 15 is 0 Å². The maximum Gasteiger partial charge on any atom is 0.274 e. The van der Waals surface area contributed by atoms with Crippen LogP contribution in [0.2, 0.25) is 0 Å². The van der Waals surface area contributed by atoms with Gasteiger partial charge in [0.15, 0.2) is 0 Å². The normalized spacial score (nSPS) is 16.9. The lowest BCUT2D eigenvalue weighted by Crippen LogP contribution is -2.39. The van der Waals surface area contributed by atoms with E-state index in [2.05, 4.69) is 16.4 Å². The number of amides is 1. The van der Waals surface area contributed by atoms with Gasteiger partial charge in [0.05, 0.1) is 10.6 Å². The first kappa shape index (κ1) is 18.9. The van der Waals surface area contributed by atoms with Crippen LogP contribution in [0.3, 0.4) is 0 Å². The van der Waals surface area contributed by atoms with Crippen molar-refractivity contribution in [3.05, 3.63) is 70.9 Å². The zero-order chi connectivity index (χ0) is 20.7. The molecule has 0 aromatic carbocycles. The van der Waals surface area contributed by atoms with Gasteiger partial charge in [-0.3, -0.25) is 4.79 Å². The molecule has 1 atom stereocenters. The van der Waals surface area contributed by atoms with E-state index in [1.165, 1.54) is 0 Å². The molecular formula is C23H23N5OS. The Morgan fingerprint density at radius 1 is 1.17 bits per heavy atom. The van der Waals surface area contributed by atoms with E-state index in [9.17, 15) is 4.79 Å². The SMILES string of the molecule is Cc1ccn2cc(C(=O)N3CCCC(c4nc(C)cc(-c5cccs5)n4)C3)nc2c1. The number of likely N-dealkylation sites (tertiary alicyclic amines) is 1. The van der Waals surface area contributed by atoms with Crippen molar-refractivity contribution < 1.29 is 4.79 Å². The van der Waals surface area contributed by atoms with Crippen LogP contribution in [0.1, 0.15) is 46.3 Å². The molecule has 1 fully saturated rings. The second-order valence-electron chi connectivity index (χ2n) is 7.92. The first-order valence-corrected chi connectivity index (χ1v) is 11.1. The van der Waals surface area contributed by atoms with Crippen LogP contribution in [0.5, 0.6) is 0 Å². The predicted molar refractivity (Wildman–Crippen MR) is 118 cm³/mol. The van der Waals surface area contributed by atoms with Gasteiger partial charge in [0.2, 0.25) is 0 Å². The lowest BCUT2D eigenvalue weighted by Gasteiger charge is -2.31. The summed E-state index contributed by atoms with van der Waals surface area (Å²) in [6.07, 6.45) is 5.69. The zero-order valence-electron chi connectivity index (χ0n) is 17.1. The minimum absolute atomic E-state index is 0.0211. The molecule has 1 aliphatic rings. The van der Waals surface area contributed by atoms with Gasteiger partial charge in [0, 0.05) is 37.1 Å². The number of imidazole rings is 1. The molecule has 7 heteroatoms.